The van der Waals surface area contributed by atoms with Crippen molar-refractivity contribution in [2.75, 3.05) is 5.32 Å². The molecule has 1 amide bonds. The van der Waals surface area contributed by atoms with Gasteiger partial charge in [-0.2, -0.15) is 0 Å². The molecule has 1 aliphatic rings. The Bertz CT molecular complexity index is 473. The summed E-state index contributed by atoms with van der Waals surface area (Å²) in [7, 11) is 0. The molecule has 0 radical (unpaired) electrons. The average molecular weight is 262 g/mol. The SMILES string of the molecule is O=C1Nc2c(F)c(Br)cc(F)c2C1=O. The van der Waals surface area contributed by atoms with Crippen molar-refractivity contribution in [3.63, 3.8) is 0 Å². The number of hydrogen-bond donors (Lipinski definition) is 1. The smallest absolute Gasteiger partial charge is 0.297 e. The van der Waals surface area contributed by atoms with Gasteiger partial charge in [0.2, 0.25) is 0 Å². The maximum absolute atomic E-state index is 13.2. The van der Waals surface area contributed by atoms with Gasteiger partial charge in [-0.3, -0.25) is 9.59 Å². The van der Waals surface area contributed by atoms with Crippen LogP contribution >= 0.6 is 15.9 Å². The minimum atomic E-state index is -1.05. The highest BCUT2D eigenvalue weighted by Crippen LogP contribution is 2.33. The number of nitrogens with one attached hydrogen (secondary N) is 1. The second kappa shape index (κ2) is 2.84. The van der Waals surface area contributed by atoms with Gasteiger partial charge in [-0.25, -0.2) is 8.78 Å². The Morgan fingerprint density at radius 2 is 1.93 bits per heavy atom. The number of carbonyl (C=O) groups is 2. The third kappa shape index (κ3) is 1.07. The summed E-state index contributed by atoms with van der Waals surface area (Å²) in [5.41, 5.74) is -0.928. The molecular weight excluding hydrogens is 260 g/mol. The first-order chi connectivity index (χ1) is 6.52. The zero-order valence-electron chi connectivity index (χ0n) is 6.53. The third-order valence-corrected chi connectivity index (χ3v) is 2.42. The number of halogens is 3. The summed E-state index contributed by atoms with van der Waals surface area (Å²) in [6, 6.07) is 0.812. The Labute approximate surface area is 85.2 Å². The number of amides is 1. The monoisotopic (exact) mass is 261 g/mol. The van der Waals surface area contributed by atoms with Crippen LogP contribution in [0.1, 0.15) is 10.4 Å². The van der Waals surface area contributed by atoms with Crippen molar-refractivity contribution < 1.29 is 18.4 Å². The van der Waals surface area contributed by atoms with E-state index in [1.54, 1.807) is 0 Å². The van der Waals surface area contributed by atoms with Crippen LogP contribution in [0.5, 0.6) is 0 Å². The van der Waals surface area contributed by atoms with Gasteiger partial charge in [-0.1, -0.05) is 0 Å². The maximum Gasteiger partial charge on any atom is 0.297 e. The van der Waals surface area contributed by atoms with Crippen molar-refractivity contribution in [1.82, 2.24) is 0 Å². The number of anilines is 1. The summed E-state index contributed by atoms with van der Waals surface area (Å²) in [4.78, 5) is 21.9. The Morgan fingerprint density at radius 1 is 1.29 bits per heavy atom. The Kier molecular flexibility index (Phi) is 1.88. The largest absolute Gasteiger partial charge is 0.316 e. The van der Waals surface area contributed by atoms with Gasteiger partial charge in [-0.05, 0) is 22.0 Å². The van der Waals surface area contributed by atoms with E-state index in [4.69, 9.17) is 0 Å². The van der Waals surface area contributed by atoms with Crippen LogP contribution in [0.2, 0.25) is 0 Å². The molecular formula is C8H2BrF2NO2. The minimum Gasteiger partial charge on any atom is -0.316 e. The lowest BCUT2D eigenvalue weighted by atomic mass is 10.1. The summed E-state index contributed by atoms with van der Waals surface area (Å²) in [6.07, 6.45) is 0. The van der Waals surface area contributed by atoms with Crippen molar-refractivity contribution in [1.29, 1.82) is 0 Å². The van der Waals surface area contributed by atoms with E-state index in [0.29, 0.717) is 0 Å². The van der Waals surface area contributed by atoms with E-state index in [-0.39, 0.29) is 4.47 Å². The van der Waals surface area contributed by atoms with Gasteiger partial charge < -0.3 is 5.32 Å². The molecule has 3 nitrogen and oxygen atoms in total. The molecule has 0 bridgehead atoms. The Balaban J connectivity index is 2.79. The Hall–Kier alpha value is -1.30. The molecule has 0 fully saturated rings. The van der Waals surface area contributed by atoms with Gasteiger partial charge in [0.25, 0.3) is 11.7 Å². The van der Waals surface area contributed by atoms with Crippen molar-refractivity contribution in [2.45, 2.75) is 0 Å². The number of carbonyl (C=O) groups excluding carboxylic acids is 2. The quantitative estimate of drug-likeness (QED) is 0.573. The molecule has 0 saturated carbocycles. The van der Waals surface area contributed by atoms with Gasteiger partial charge >= 0.3 is 0 Å². The predicted molar refractivity (Wildman–Crippen MR) is 47.0 cm³/mol. The van der Waals surface area contributed by atoms with E-state index in [0.717, 1.165) is 6.07 Å². The van der Waals surface area contributed by atoms with E-state index in [1.165, 1.54) is 0 Å². The summed E-state index contributed by atoms with van der Waals surface area (Å²) in [5.74, 6) is -3.84. The molecule has 14 heavy (non-hydrogen) atoms. The molecule has 1 aromatic rings. The van der Waals surface area contributed by atoms with Crippen LogP contribution in [0, 0.1) is 11.6 Å². The van der Waals surface area contributed by atoms with Crippen molar-refractivity contribution in [3.8, 4) is 0 Å². The molecule has 0 unspecified atom stereocenters. The van der Waals surface area contributed by atoms with Crippen LogP contribution in [0.3, 0.4) is 0 Å². The van der Waals surface area contributed by atoms with E-state index in [9.17, 15) is 18.4 Å². The van der Waals surface area contributed by atoms with Gasteiger partial charge in [0, 0.05) is 0 Å². The summed E-state index contributed by atoms with van der Waals surface area (Å²) < 4.78 is 26.3. The fraction of sp³-hybridized carbons (Fsp3) is 0. The lowest BCUT2D eigenvalue weighted by Crippen LogP contribution is -2.13. The minimum absolute atomic E-state index is 0.135. The number of fused-ring (bicyclic) bond motifs is 1. The fourth-order valence-corrected chi connectivity index (χ4v) is 1.62. The number of hydrogen-bond acceptors (Lipinski definition) is 2. The van der Waals surface area contributed by atoms with E-state index in [1.807, 2.05) is 5.32 Å². The zero-order valence-corrected chi connectivity index (χ0v) is 8.11. The molecule has 2 rings (SSSR count). The van der Waals surface area contributed by atoms with Crippen molar-refractivity contribution in [3.05, 3.63) is 27.7 Å². The van der Waals surface area contributed by atoms with Gasteiger partial charge in [0.1, 0.15) is 5.82 Å². The predicted octanol–water partition coefficient (Wildman–Crippen LogP) is 1.86. The standard InChI is InChI=1S/C8H2BrF2NO2/c9-2-1-3(10)4-6(5(2)11)12-8(14)7(4)13/h1H,(H,12,13,14). The first kappa shape index (κ1) is 9.26. The van der Waals surface area contributed by atoms with Crippen LogP contribution in [0.15, 0.2) is 10.5 Å². The molecule has 1 aromatic carbocycles. The number of ketones is 1. The highest BCUT2D eigenvalue weighted by molar-refractivity contribution is 9.10. The second-order valence-electron chi connectivity index (χ2n) is 2.69. The van der Waals surface area contributed by atoms with Crippen LogP contribution in [-0.2, 0) is 4.79 Å². The Morgan fingerprint density at radius 3 is 2.57 bits per heavy atom. The third-order valence-electron chi connectivity index (χ3n) is 1.84. The van der Waals surface area contributed by atoms with E-state index in [2.05, 4.69) is 15.9 Å². The van der Waals surface area contributed by atoms with Crippen molar-refractivity contribution >= 4 is 33.3 Å². The van der Waals surface area contributed by atoms with Crippen LogP contribution in [0.4, 0.5) is 14.5 Å². The van der Waals surface area contributed by atoms with Crippen LogP contribution < -0.4 is 5.32 Å². The summed E-state index contributed by atoms with van der Waals surface area (Å²) in [6.45, 7) is 0. The molecule has 1 heterocycles. The van der Waals surface area contributed by atoms with Crippen LogP contribution in [-0.4, -0.2) is 11.7 Å². The van der Waals surface area contributed by atoms with Crippen molar-refractivity contribution in [2.24, 2.45) is 0 Å². The molecule has 0 aromatic heterocycles. The summed E-state index contributed by atoms with van der Waals surface area (Å²) in [5, 5.41) is 1.96. The number of rotatable bonds is 0. The molecule has 0 atom stereocenters. The first-order valence-corrected chi connectivity index (χ1v) is 4.35. The fourth-order valence-electron chi connectivity index (χ4n) is 1.22. The topological polar surface area (TPSA) is 46.2 Å². The van der Waals surface area contributed by atoms with Crippen LogP contribution in [0.25, 0.3) is 0 Å². The molecule has 0 saturated heterocycles. The molecule has 0 spiro atoms. The average Bonchev–Trinajstić information content (AvgIpc) is 2.40. The number of benzene rings is 1. The van der Waals surface area contributed by atoms with E-state index < -0.39 is 34.6 Å². The van der Waals surface area contributed by atoms with E-state index >= 15 is 0 Å². The molecule has 6 heteroatoms. The highest BCUT2D eigenvalue weighted by atomic mass is 79.9. The molecule has 0 aliphatic carbocycles. The maximum atomic E-state index is 13.2. The highest BCUT2D eigenvalue weighted by Gasteiger charge is 2.34. The lowest BCUT2D eigenvalue weighted by molar-refractivity contribution is -0.112. The normalized spacial score (nSPS) is 14.2. The molecule has 1 aliphatic heterocycles. The summed E-state index contributed by atoms with van der Waals surface area (Å²) >= 11 is 2.76. The zero-order chi connectivity index (χ0) is 10.5. The van der Waals surface area contributed by atoms with Gasteiger partial charge in [-0.15, -0.1) is 0 Å². The first-order valence-electron chi connectivity index (χ1n) is 3.55. The van der Waals surface area contributed by atoms with Gasteiger partial charge in [0.15, 0.2) is 5.82 Å². The second-order valence-corrected chi connectivity index (χ2v) is 3.54. The molecule has 72 valence electrons. The lowest BCUT2D eigenvalue weighted by Gasteiger charge is -2.01. The van der Waals surface area contributed by atoms with Gasteiger partial charge in [0.05, 0.1) is 15.7 Å². The molecule has 1 N–H and O–H groups in total. The number of Topliss-reactive ketones (excluding diaryl/α,β-unsaturated/α-hetero) is 1.